The van der Waals surface area contributed by atoms with Gasteiger partial charge in [0.1, 0.15) is 0 Å². The number of aromatic nitrogens is 1. The van der Waals surface area contributed by atoms with Crippen LogP contribution in [0.1, 0.15) is 18.0 Å². The first-order valence-corrected chi connectivity index (χ1v) is 7.32. The Bertz CT molecular complexity index is 469. The van der Waals surface area contributed by atoms with Gasteiger partial charge in [0.25, 0.3) is 0 Å². The Kier molecular flexibility index (Phi) is 5.41. The molecule has 0 unspecified atom stereocenters. The predicted octanol–water partition coefficient (Wildman–Crippen LogP) is 1.93. The van der Waals surface area contributed by atoms with Crippen molar-refractivity contribution in [1.82, 2.24) is 14.8 Å². The van der Waals surface area contributed by atoms with Crippen LogP contribution in [0, 0.1) is 5.92 Å². The molecule has 0 bridgehead atoms. The average Bonchev–Trinajstić information content (AvgIpc) is 2.79. The Morgan fingerprint density at radius 2 is 2.23 bits per heavy atom. The van der Waals surface area contributed by atoms with Crippen LogP contribution in [0.4, 0.5) is 13.2 Å². The summed E-state index contributed by atoms with van der Waals surface area (Å²) >= 11 is 0. The molecule has 0 radical (unpaired) electrons. The minimum atomic E-state index is -4.57. The Morgan fingerprint density at radius 3 is 2.82 bits per heavy atom. The largest absolute Gasteiger partial charge is 0.415 e. The number of hydrogen-bond acceptors (Lipinski definition) is 4. The normalized spacial score (nSPS) is 24.9. The summed E-state index contributed by atoms with van der Waals surface area (Å²) in [6.07, 6.45) is -2.43. The van der Waals surface area contributed by atoms with Crippen molar-refractivity contribution in [1.29, 1.82) is 0 Å². The van der Waals surface area contributed by atoms with Gasteiger partial charge in [-0.2, -0.15) is 13.2 Å². The third-order valence-electron chi connectivity index (χ3n) is 4.21. The second kappa shape index (κ2) is 6.93. The zero-order valence-corrected chi connectivity index (χ0v) is 12.8. The maximum atomic E-state index is 12.4. The molecule has 1 saturated heterocycles. The molecule has 4 nitrogen and oxygen atoms in total. The molecule has 7 heteroatoms. The van der Waals surface area contributed by atoms with Gasteiger partial charge in [-0.25, -0.2) is 0 Å². The fraction of sp³-hybridized carbons (Fsp3) is 0.667. The molecule has 0 aromatic carbocycles. The Balaban J connectivity index is 1.99. The summed E-state index contributed by atoms with van der Waals surface area (Å²) in [5.74, 6) is 0.222. The number of pyridine rings is 1. The highest BCUT2D eigenvalue weighted by atomic mass is 19.4. The summed E-state index contributed by atoms with van der Waals surface area (Å²) in [5, 5.41) is 9.18. The van der Waals surface area contributed by atoms with Gasteiger partial charge in [0.2, 0.25) is 0 Å². The quantitative estimate of drug-likeness (QED) is 0.901. The lowest BCUT2D eigenvalue weighted by molar-refractivity contribution is -0.207. The molecule has 3 atom stereocenters. The van der Waals surface area contributed by atoms with E-state index < -0.39 is 18.8 Å². The first-order valence-electron chi connectivity index (χ1n) is 7.32. The topological polar surface area (TPSA) is 39.6 Å². The van der Waals surface area contributed by atoms with Crippen molar-refractivity contribution < 1.29 is 18.3 Å². The van der Waals surface area contributed by atoms with E-state index in [9.17, 15) is 18.3 Å². The van der Waals surface area contributed by atoms with E-state index in [2.05, 4.69) is 9.88 Å². The zero-order chi connectivity index (χ0) is 16.3. The van der Waals surface area contributed by atoms with Gasteiger partial charge in [-0.1, -0.05) is 6.07 Å². The number of hydrogen-bond donors (Lipinski definition) is 1. The van der Waals surface area contributed by atoms with Crippen molar-refractivity contribution in [3.63, 3.8) is 0 Å². The molecule has 1 fully saturated rings. The van der Waals surface area contributed by atoms with Crippen molar-refractivity contribution in [3.05, 3.63) is 30.1 Å². The second-order valence-electron chi connectivity index (χ2n) is 6.04. The number of aliphatic hydroxyl groups excluding tert-OH is 1. The van der Waals surface area contributed by atoms with Gasteiger partial charge in [0.15, 0.2) is 6.10 Å². The van der Waals surface area contributed by atoms with Crippen molar-refractivity contribution in [3.8, 4) is 0 Å². The van der Waals surface area contributed by atoms with Crippen LogP contribution in [0.5, 0.6) is 0 Å². The van der Waals surface area contributed by atoms with E-state index in [-0.39, 0.29) is 12.0 Å². The third-order valence-corrected chi connectivity index (χ3v) is 4.21. The smallest absolute Gasteiger partial charge is 0.382 e. The van der Waals surface area contributed by atoms with Gasteiger partial charge >= 0.3 is 6.18 Å². The summed E-state index contributed by atoms with van der Waals surface area (Å²) in [4.78, 5) is 7.89. The summed E-state index contributed by atoms with van der Waals surface area (Å²) in [7, 11) is 3.63. The Hall–Kier alpha value is -1.18. The lowest BCUT2D eigenvalue weighted by Crippen LogP contribution is -2.41. The van der Waals surface area contributed by atoms with Crippen LogP contribution < -0.4 is 0 Å². The number of nitrogens with zero attached hydrogens (tertiary/aromatic N) is 3. The van der Waals surface area contributed by atoms with Gasteiger partial charge in [0, 0.05) is 31.5 Å². The van der Waals surface area contributed by atoms with Crippen molar-refractivity contribution in [2.45, 2.75) is 24.7 Å². The molecule has 124 valence electrons. The van der Waals surface area contributed by atoms with Crippen LogP contribution in [0.15, 0.2) is 24.5 Å². The molecule has 2 heterocycles. The van der Waals surface area contributed by atoms with E-state index in [4.69, 9.17) is 0 Å². The lowest BCUT2D eigenvalue weighted by Gasteiger charge is -2.29. The van der Waals surface area contributed by atoms with Gasteiger partial charge in [-0.05, 0) is 44.6 Å². The van der Waals surface area contributed by atoms with Gasteiger partial charge in [-0.15, -0.1) is 0 Å². The number of alkyl halides is 3. The highest BCUT2D eigenvalue weighted by Gasteiger charge is 2.40. The zero-order valence-electron chi connectivity index (χ0n) is 12.8. The second-order valence-corrected chi connectivity index (χ2v) is 6.04. The fourth-order valence-corrected chi connectivity index (χ4v) is 3.17. The standard InChI is InChI=1S/C15H22F3N3O/c1-20(10-13(22)15(16,17)18)9-12-5-7-21(2)14(12)11-4-3-6-19-8-11/h3-4,6,8,12-14,22H,5,7,9-10H2,1-2H3/t12-,13+,14-/m0/s1. The van der Waals surface area contributed by atoms with E-state index in [1.165, 1.54) is 0 Å². The molecule has 0 spiro atoms. The van der Waals surface area contributed by atoms with Crippen LogP contribution in [0.2, 0.25) is 0 Å². The van der Waals surface area contributed by atoms with Crippen molar-refractivity contribution in [2.24, 2.45) is 5.92 Å². The molecule has 1 N–H and O–H groups in total. The number of rotatable bonds is 5. The van der Waals surface area contributed by atoms with Crippen molar-refractivity contribution in [2.75, 3.05) is 33.7 Å². The van der Waals surface area contributed by atoms with Crippen LogP contribution in [-0.4, -0.2) is 65.9 Å². The number of halogens is 3. The minimum absolute atomic E-state index is 0.152. The molecule has 1 aromatic rings. The molecule has 1 aliphatic heterocycles. The van der Waals surface area contributed by atoms with Crippen LogP contribution >= 0.6 is 0 Å². The maximum Gasteiger partial charge on any atom is 0.415 e. The molecule has 2 rings (SSSR count). The molecule has 0 saturated carbocycles. The third kappa shape index (κ3) is 4.18. The maximum absolute atomic E-state index is 12.4. The molecular formula is C15H22F3N3O. The Morgan fingerprint density at radius 1 is 1.50 bits per heavy atom. The summed E-state index contributed by atoms with van der Waals surface area (Å²) in [6, 6.07) is 4.02. The number of aliphatic hydroxyl groups is 1. The molecule has 0 amide bonds. The fourth-order valence-electron chi connectivity index (χ4n) is 3.17. The lowest BCUT2D eigenvalue weighted by atomic mass is 9.94. The summed E-state index contributed by atoms with van der Waals surface area (Å²) < 4.78 is 37.3. The highest BCUT2D eigenvalue weighted by molar-refractivity contribution is 5.17. The van der Waals surface area contributed by atoms with Crippen LogP contribution in [0.3, 0.4) is 0 Å². The average molecular weight is 317 g/mol. The first kappa shape index (κ1) is 17.2. The van der Waals surface area contributed by atoms with Gasteiger partial charge in [0.05, 0.1) is 0 Å². The Labute approximate surface area is 128 Å². The first-order chi connectivity index (χ1) is 10.3. The van der Waals surface area contributed by atoms with Crippen molar-refractivity contribution >= 4 is 0 Å². The van der Waals surface area contributed by atoms with Gasteiger partial charge in [-0.3, -0.25) is 9.88 Å². The minimum Gasteiger partial charge on any atom is -0.382 e. The SMILES string of the molecule is CN(C[C@@H]1CCN(C)[C@H]1c1cccnc1)C[C@@H](O)C(F)(F)F. The van der Waals surface area contributed by atoms with E-state index in [0.29, 0.717) is 6.54 Å². The van der Waals surface area contributed by atoms with E-state index >= 15 is 0 Å². The molecule has 1 aliphatic rings. The summed E-state index contributed by atoms with van der Waals surface area (Å²) in [5.41, 5.74) is 1.08. The van der Waals surface area contributed by atoms with Crippen LogP contribution in [0.25, 0.3) is 0 Å². The molecule has 1 aromatic heterocycles. The summed E-state index contributed by atoms with van der Waals surface area (Å²) in [6.45, 7) is 1.01. The predicted molar refractivity (Wildman–Crippen MR) is 77.3 cm³/mol. The van der Waals surface area contributed by atoms with Gasteiger partial charge < -0.3 is 10.0 Å². The van der Waals surface area contributed by atoms with E-state index in [1.807, 2.05) is 25.4 Å². The van der Waals surface area contributed by atoms with E-state index in [0.717, 1.165) is 18.5 Å². The molecule has 0 aliphatic carbocycles. The number of likely N-dealkylation sites (N-methyl/N-ethyl adjacent to an activating group) is 1. The van der Waals surface area contributed by atoms with Crippen LogP contribution in [-0.2, 0) is 0 Å². The highest BCUT2D eigenvalue weighted by Crippen LogP contribution is 2.36. The van der Waals surface area contributed by atoms with E-state index in [1.54, 1.807) is 18.1 Å². The monoisotopic (exact) mass is 317 g/mol. The molecule has 22 heavy (non-hydrogen) atoms. The number of likely N-dealkylation sites (tertiary alicyclic amines) is 1. The molecular weight excluding hydrogens is 295 g/mol.